The molecule has 2 aromatic carbocycles. The molecule has 38 heavy (non-hydrogen) atoms. The molecule has 3 heterocycles. The molecule has 2 saturated heterocycles. The van der Waals surface area contributed by atoms with Crippen molar-refractivity contribution in [3.63, 3.8) is 0 Å². The summed E-state index contributed by atoms with van der Waals surface area (Å²) in [6.45, 7) is 2.45. The van der Waals surface area contributed by atoms with Crippen molar-refractivity contribution in [2.24, 2.45) is 5.92 Å². The molecule has 2 fully saturated rings. The number of hydrogen-bond acceptors (Lipinski definition) is 6. The summed E-state index contributed by atoms with van der Waals surface area (Å²) in [5.41, 5.74) is 4.07. The Morgan fingerprint density at radius 2 is 1.82 bits per heavy atom. The first-order valence-electron chi connectivity index (χ1n) is 13.2. The Labute approximate surface area is 223 Å². The molecule has 1 atom stereocenters. The minimum absolute atomic E-state index is 0.00962. The highest BCUT2D eigenvalue weighted by Crippen LogP contribution is 2.30. The third kappa shape index (κ3) is 6.20. The van der Waals surface area contributed by atoms with Crippen molar-refractivity contribution in [1.82, 2.24) is 9.88 Å². The van der Waals surface area contributed by atoms with Crippen LogP contribution < -0.4 is 10.6 Å². The lowest BCUT2D eigenvalue weighted by atomic mass is 9.99. The molecule has 0 radical (unpaired) electrons. The lowest BCUT2D eigenvalue weighted by Gasteiger charge is -2.25. The number of benzene rings is 2. The van der Waals surface area contributed by atoms with Crippen LogP contribution in [0.25, 0.3) is 11.1 Å². The van der Waals surface area contributed by atoms with Crippen molar-refractivity contribution in [2.75, 3.05) is 44.1 Å². The van der Waals surface area contributed by atoms with Gasteiger partial charge in [-0.3, -0.25) is 9.59 Å². The molecule has 0 bridgehead atoms. The van der Waals surface area contributed by atoms with Gasteiger partial charge in [0.05, 0.1) is 12.6 Å². The van der Waals surface area contributed by atoms with Crippen LogP contribution in [0.4, 0.5) is 17.2 Å². The number of para-hydroxylation sites is 1. The van der Waals surface area contributed by atoms with Crippen LogP contribution in [0.1, 0.15) is 36.0 Å². The van der Waals surface area contributed by atoms with E-state index in [4.69, 9.17) is 9.47 Å². The highest BCUT2D eigenvalue weighted by Gasteiger charge is 2.30. The van der Waals surface area contributed by atoms with Gasteiger partial charge in [-0.05, 0) is 79.3 Å². The van der Waals surface area contributed by atoms with Crippen LogP contribution in [-0.4, -0.2) is 61.2 Å². The second kappa shape index (κ2) is 12.2. The van der Waals surface area contributed by atoms with Gasteiger partial charge in [0.2, 0.25) is 5.91 Å². The summed E-state index contributed by atoms with van der Waals surface area (Å²) < 4.78 is 10.8. The van der Waals surface area contributed by atoms with Crippen LogP contribution in [0, 0.1) is 5.92 Å². The van der Waals surface area contributed by atoms with E-state index in [0.29, 0.717) is 44.0 Å². The van der Waals surface area contributed by atoms with Crippen molar-refractivity contribution >= 4 is 29.0 Å². The summed E-state index contributed by atoms with van der Waals surface area (Å²) in [6.07, 6.45) is 5.02. The number of aromatic nitrogens is 1. The van der Waals surface area contributed by atoms with E-state index < -0.39 is 0 Å². The molecule has 8 nitrogen and oxygen atoms in total. The molecule has 2 amide bonds. The number of rotatable bonds is 8. The quantitative estimate of drug-likeness (QED) is 0.434. The maximum atomic E-state index is 13.7. The predicted octanol–water partition coefficient (Wildman–Crippen LogP) is 5.11. The molecular weight excluding hydrogens is 480 g/mol. The molecule has 1 aromatic heterocycles. The normalized spacial score (nSPS) is 17.8. The smallest absolute Gasteiger partial charge is 0.254 e. The molecule has 2 N–H and O–H groups in total. The summed E-state index contributed by atoms with van der Waals surface area (Å²) in [7, 11) is 1.67. The second-order valence-electron chi connectivity index (χ2n) is 9.85. The van der Waals surface area contributed by atoms with Gasteiger partial charge in [0.15, 0.2) is 0 Å². The largest absolute Gasteiger partial charge is 0.383 e. The number of ether oxygens (including phenoxy) is 2. The van der Waals surface area contributed by atoms with E-state index >= 15 is 0 Å². The molecule has 2 aliphatic rings. The van der Waals surface area contributed by atoms with Crippen LogP contribution in [-0.2, 0) is 14.3 Å². The monoisotopic (exact) mass is 514 g/mol. The SMILES string of the molecule is COC[C@H]1CCCN1C(=O)c1cc(Nc2ccccc2)cc(-c2ccnc(NC(=O)C3CCOCC3)c2)c1. The fourth-order valence-corrected chi connectivity index (χ4v) is 5.18. The van der Waals surface area contributed by atoms with Gasteiger partial charge in [-0.25, -0.2) is 4.98 Å². The first-order valence-corrected chi connectivity index (χ1v) is 13.2. The zero-order valence-electron chi connectivity index (χ0n) is 21.7. The number of nitrogens with one attached hydrogen (secondary N) is 2. The summed E-state index contributed by atoms with van der Waals surface area (Å²) in [4.78, 5) is 32.7. The zero-order valence-corrected chi connectivity index (χ0v) is 21.7. The number of anilines is 3. The van der Waals surface area contributed by atoms with Crippen molar-refractivity contribution in [3.05, 3.63) is 72.4 Å². The van der Waals surface area contributed by atoms with E-state index in [9.17, 15) is 9.59 Å². The van der Waals surface area contributed by atoms with Crippen LogP contribution >= 0.6 is 0 Å². The maximum absolute atomic E-state index is 13.7. The highest BCUT2D eigenvalue weighted by atomic mass is 16.5. The van der Waals surface area contributed by atoms with Crippen molar-refractivity contribution in [1.29, 1.82) is 0 Å². The number of likely N-dealkylation sites (tertiary alicyclic amines) is 1. The van der Waals surface area contributed by atoms with E-state index in [1.165, 1.54) is 0 Å². The molecule has 0 saturated carbocycles. The average Bonchev–Trinajstić information content (AvgIpc) is 3.42. The number of pyridine rings is 1. The summed E-state index contributed by atoms with van der Waals surface area (Å²) in [5.74, 6) is 0.376. The first-order chi connectivity index (χ1) is 18.6. The van der Waals surface area contributed by atoms with Crippen molar-refractivity contribution in [3.8, 4) is 11.1 Å². The van der Waals surface area contributed by atoms with E-state index in [0.717, 1.165) is 41.9 Å². The minimum Gasteiger partial charge on any atom is -0.383 e. The first kappa shape index (κ1) is 25.9. The predicted molar refractivity (Wildman–Crippen MR) is 148 cm³/mol. The Bertz CT molecular complexity index is 1260. The van der Waals surface area contributed by atoms with Crippen molar-refractivity contribution in [2.45, 2.75) is 31.7 Å². The fourth-order valence-electron chi connectivity index (χ4n) is 5.18. The number of nitrogens with zero attached hydrogens (tertiary/aromatic N) is 2. The van der Waals surface area contributed by atoms with Gasteiger partial charge in [-0.1, -0.05) is 18.2 Å². The second-order valence-corrected chi connectivity index (χ2v) is 9.85. The van der Waals surface area contributed by atoms with E-state index in [1.54, 1.807) is 13.3 Å². The molecular formula is C30H34N4O4. The third-order valence-electron chi connectivity index (χ3n) is 7.18. The Balaban J connectivity index is 1.45. The van der Waals surface area contributed by atoms with Crippen molar-refractivity contribution < 1.29 is 19.1 Å². The van der Waals surface area contributed by atoms with Crippen LogP contribution in [0.15, 0.2) is 66.9 Å². The molecule has 2 aliphatic heterocycles. The molecule has 8 heteroatoms. The zero-order chi connectivity index (χ0) is 26.3. The Kier molecular flexibility index (Phi) is 8.31. The summed E-state index contributed by atoms with van der Waals surface area (Å²) in [6, 6.07) is 19.5. The van der Waals surface area contributed by atoms with Crippen LogP contribution in [0.5, 0.6) is 0 Å². The standard InChI is InChI=1S/C30H34N4O4/c1-37-20-27-8-5-13-34(27)30(36)24-16-23(17-26(18-24)32-25-6-3-2-4-7-25)22-9-12-31-28(19-22)33-29(35)21-10-14-38-15-11-21/h2-4,6-7,9,12,16-19,21,27,32H,5,8,10-11,13-15,20H2,1H3,(H,31,33,35)/t27-/m1/s1. The summed E-state index contributed by atoms with van der Waals surface area (Å²) >= 11 is 0. The molecule has 3 aromatic rings. The summed E-state index contributed by atoms with van der Waals surface area (Å²) in [5, 5.41) is 6.40. The number of hydrogen-bond donors (Lipinski definition) is 2. The lowest BCUT2D eigenvalue weighted by Crippen LogP contribution is -2.38. The van der Waals surface area contributed by atoms with Gasteiger partial charge in [0.25, 0.3) is 5.91 Å². The number of carbonyl (C=O) groups excluding carboxylic acids is 2. The van der Waals surface area contributed by atoms with Gasteiger partial charge in [-0.15, -0.1) is 0 Å². The van der Waals surface area contributed by atoms with Gasteiger partial charge in [-0.2, -0.15) is 0 Å². The maximum Gasteiger partial charge on any atom is 0.254 e. The topological polar surface area (TPSA) is 92.8 Å². The van der Waals surface area contributed by atoms with E-state index in [1.807, 2.05) is 65.6 Å². The molecule has 5 rings (SSSR count). The highest BCUT2D eigenvalue weighted by molar-refractivity contribution is 5.98. The van der Waals surface area contributed by atoms with Crippen LogP contribution in [0.2, 0.25) is 0 Å². The van der Waals surface area contributed by atoms with E-state index in [-0.39, 0.29) is 23.8 Å². The Morgan fingerprint density at radius 3 is 2.61 bits per heavy atom. The van der Waals surface area contributed by atoms with Crippen LogP contribution in [0.3, 0.4) is 0 Å². The fraction of sp³-hybridized carbons (Fsp3) is 0.367. The third-order valence-corrected chi connectivity index (χ3v) is 7.18. The number of methoxy groups -OCH3 is 1. The Morgan fingerprint density at radius 1 is 1.00 bits per heavy atom. The molecule has 0 aliphatic carbocycles. The molecule has 0 unspecified atom stereocenters. The van der Waals surface area contributed by atoms with Gasteiger partial charge in [0, 0.05) is 55.9 Å². The molecule has 198 valence electrons. The Hall–Kier alpha value is -3.75. The molecule has 0 spiro atoms. The van der Waals surface area contributed by atoms with E-state index in [2.05, 4.69) is 15.6 Å². The minimum atomic E-state index is -0.0719. The van der Waals surface area contributed by atoms with Gasteiger partial charge < -0.3 is 25.0 Å². The van der Waals surface area contributed by atoms with Gasteiger partial charge in [0.1, 0.15) is 5.82 Å². The average molecular weight is 515 g/mol. The number of carbonyl (C=O) groups is 2. The lowest BCUT2D eigenvalue weighted by molar-refractivity contribution is -0.122. The number of amides is 2. The van der Waals surface area contributed by atoms with Gasteiger partial charge >= 0.3 is 0 Å².